The zero-order valence-corrected chi connectivity index (χ0v) is 7.82. The summed E-state index contributed by atoms with van der Waals surface area (Å²) in [6, 6.07) is -0.642. The van der Waals surface area contributed by atoms with Crippen LogP contribution in [-0.2, 0) is 4.79 Å². The fourth-order valence-electron chi connectivity index (χ4n) is 0.825. The van der Waals surface area contributed by atoms with E-state index in [-0.39, 0.29) is 18.9 Å². The van der Waals surface area contributed by atoms with Gasteiger partial charge in [0.25, 0.3) is 0 Å². The Labute approximate surface area is 80.0 Å². The average molecular weight is 213 g/mol. The monoisotopic (exact) mass is 213 g/mol. The van der Waals surface area contributed by atoms with Crippen LogP contribution in [0.15, 0.2) is 0 Å². The first-order chi connectivity index (χ1) is 6.39. The van der Waals surface area contributed by atoms with Crippen molar-refractivity contribution < 1.29 is 18.0 Å². The number of alkyl halides is 3. The lowest BCUT2D eigenvalue weighted by Gasteiger charge is -2.16. The van der Waals surface area contributed by atoms with Crippen molar-refractivity contribution in [2.45, 2.75) is 18.6 Å². The highest BCUT2D eigenvalue weighted by atomic mass is 19.4. The van der Waals surface area contributed by atoms with Crippen LogP contribution in [0.1, 0.15) is 6.42 Å². The quantitative estimate of drug-likeness (QED) is 0.582. The Morgan fingerprint density at radius 2 is 2.07 bits per heavy atom. The molecular formula is C7H14F3N3O. The molecule has 14 heavy (non-hydrogen) atoms. The summed E-state index contributed by atoms with van der Waals surface area (Å²) in [5, 5.41) is 4.47. The van der Waals surface area contributed by atoms with Gasteiger partial charge in [-0.1, -0.05) is 0 Å². The molecule has 0 radical (unpaired) electrons. The fourth-order valence-corrected chi connectivity index (χ4v) is 0.825. The molecule has 4 nitrogen and oxygen atoms in total. The van der Waals surface area contributed by atoms with Crippen molar-refractivity contribution in [1.29, 1.82) is 0 Å². The van der Waals surface area contributed by atoms with Crippen LogP contribution in [0.2, 0.25) is 0 Å². The molecule has 1 atom stereocenters. The molecule has 0 rings (SSSR count). The van der Waals surface area contributed by atoms with E-state index in [2.05, 4.69) is 10.6 Å². The van der Waals surface area contributed by atoms with Gasteiger partial charge in [0.2, 0.25) is 5.91 Å². The lowest BCUT2D eigenvalue weighted by atomic mass is 10.2. The molecular weight excluding hydrogens is 199 g/mol. The Morgan fingerprint density at radius 3 is 2.43 bits per heavy atom. The molecule has 1 unspecified atom stereocenters. The Morgan fingerprint density at radius 1 is 1.50 bits per heavy atom. The average Bonchev–Trinajstić information content (AvgIpc) is 2.10. The van der Waals surface area contributed by atoms with Crippen molar-refractivity contribution in [1.82, 2.24) is 10.6 Å². The number of rotatable bonds is 5. The summed E-state index contributed by atoms with van der Waals surface area (Å²) in [4.78, 5) is 10.8. The van der Waals surface area contributed by atoms with Crippen molar-refractivity contribution in [3.63, 3.8) is 0 Å². The minimum atomic E-state index is -4.28. The van der Waals surface area contributed by atoms with Gasteiger partial charge in [0, 0.05) is 26.1 Å². The number of halogens is 3. The van der Waals surface area contributed by atoms with Gasteiger partial charge in [-0.05, 0) is 0 Å². The van der Waals surface area contributed by atoms with Gasteiger partial charge in [0.1, 0.15) is 0 Å². The van der Waals surface area contributed by atoms with Gasteiger partial charge in [-0.25, -0.2) is 0 Å². The van der Waals surface area contributed by atoms with Gasteiger partial charge in [-0.2, -0.15) is 13.2 Å². The summed E-state index contributed by atoms with van der Waals surface area (Å²) in [6.07, 6.45) is -4.33. The zero-order valence-electron chi connectivity index (χ0n) is 7.82. The summed E-state index contributed by atoms with van der Waals surface area (Å²) in [5.74, 6) is -0.338. The second kappa shape index (κ2) is 5.82. The molecule has 0 saturated heterocycles. The summed E-state index contributed by atoms with van der Waals surface area (Å²) in [7, 11) is 1.42. The summed E-state index contributed by atoms with van der Waals surface area (Å²) in [5.41, 5.74) is 5.20. The number of nitrogens with one attached hydrogen (secondary N) is 2. The highest BCUT2D eigenvalue weighted by molar-refractivity contribution is 5.76. The highest BCUT2D eigenvalue weighted by Crippen LogP contribution is 2.12. The minimum absolute atomic E-state index is 0.0104. The molecule has 0 spiro atoms. The first-order valence-corrected chi connectivity index (χ1v) is 4.10. The maximum atomic E-state index is 11.8. The van der Waals surface area contributed by atoms with Crippen LogP contribution in [0.5, 0.6) is 0 Å². The molecule has 0 aliphatic rings. The number of hydrogen-bond acceptors (Lipinski definition) is 3. The molecule has 84 valence electrons. The Hall–Kier alpha value is -0.820. The normalized spacial score (nSPS) is 13.8. The van der Waals surface area contributed by atoms with Gasteiger partial charge in [-0.15, -0.1) is 0 Å². The van der Waals surface area contributed by atoms with Crippen LogP contribution in [-0.4, -0.2) is 38.3 Å². The van der Waals surface area contributed by atoms with Crippen LogP contribution < -0.4 is 16.4 Å². The minimum Gasteiger partial charge on any atom is -0.359 e. The number of nitrogens with two attached hydrogens (primary N) is 1. The second-order valence-corrected chi connectivity index (χ2v) is 2.81. The third-order valence-corrected chi connectivity index (χ3v) is 1.59. The van der Waals surface area contributed by atoms with Crippen LogP contribution in [0.4, 0.5) is 13.2 Å². The zero-order chi connectivity index (χ0) is 11.2. The molecule has 0 aromatic carbocycles. The van der Waals surface area contributed by atoms with E-state index in [1.165, 1.54) is 7.05 Å². The van der Waals surface area contributed by atoms with Crippen LogP contribution >= 0.6 is 0 Å². The number of hydrogen-bond donors (Lipinski definition) is 3. The van der Waals surface area contributed by atoms with Crippen molar-refractivity contribution in [2.24, 2.45) is 5.73 Å². The van der Waals surface area contributed by atoms with Gasteiger partial charge in [-0.3, -0.25) is 4.79 Å². The molecule has 0 bridgehead atoms. The van der Waals surface area contributed by atoms with Gasteiger partial charge >= 0.3 is 6.18 Å². The van der Waals surface area contributed by atoms with E-state index in [9.17, 15) is 18.0 Å². The van der Waals surface area contributed by atoms with E-state index in [0.717, 1.165) is 0 Å². The Kier molecular flexibility index (Phi) is 5.47. The maximum Gasteiger partial charge on any atom is 0.401 e. The molecule has 0 aliphatic heterocycles. The molecule has 0 fully saturated rings. The Bertz CT molecular complexity index is 184. The predicted octanol–water partition coefficient (Wildman–Crippen LogP) is -0.398. The predicted molar refractivity (Wildman–Crippen MR) is 45.6 cm³/mol. The third-order valence-electron chi connectivity index (χ3n) is 1.59. The van der Waals surface area contributed by atoms with Crippen LogP contribution in [0, 0.1) is 0 Å². The van der Waals surface area contributed by atoms with E-state index in [4.69, 9.17) is 5.73 Å². The number of carbonyl (C=O) groups excluding carboxylic acids is 1. The van der Waals surface area contributed by atoms with E-state index < -0.39 is 18.8 Å². The van der Waals surface area contributed by atoms with Crippen LogP contribution in [0.3, 0.4) is 0 Å². The van der Waals surface area contributed by atoms with Gasteiger partial charge in [0.15, 0.2) is 0 Å². The van der Waals surface area contributed by atoms with Crippen molar-refractivity contribution >= 4 is 5.91 Å². The molecule has 1 amide bonds. The van der Waals surface area contributed by atoms with E-state index in [1.807, 2.05) is 0 Å². The molecule has 7 heteroatoms. The molecule has 4 N–H and O–H groups in total. The molecule has 0 aromatic rings. The molecule has 0 saturated carbocycles. The van der Waals surface area contributed by atoms with E-state index in [1.54, 1.807) is 0 Å². The number of amides is 1. The summed E-state index contributed by atoms with van der Waals surface area (Å²) in [6.45, 7) is -1.14. The second-order valence-electron chi connectivity index (χ2n) is 2.81. The maximum absolute atomic E-state index is 11.8. The van der Waals surface area contributed by atoms with E-state index >= 15 is 0 Å². The van der Waals surface area contributed by atoms with Gasteiger partial charge in [0.05, 0.1) is 6.54 Å². The lowest BCUT2D eigenvalue weighted by molar-refractivity contribution is -0.128. The van der Waals surface area contributed by atoms with Crippen LogP contribution in [0.25, 0.3) is 0 Å². The van der Waals surface area contributed by atoms with Crippen molar-refractivity contribution in [3.05, 3.63) is 0 Å². The SMILES string of the molecule is CNC(=O)CC(CN)NCC(F)(F)F. The topological polar surface area (TPSA) is 67.2 Å². The Balaban J connectivity index is 3.86. The molecule has 0 aromatic heterocycles. The van der Waals surface area contributed by atoms with Crippen molar-refractivity contribution in [2.75, 3.05) is 20.1 Å². The number of carbonyl (C=O) groups is 1. The summed E-state index contributed by atoms with van der Waals surface area (Å²) < 4.78 is 35.3. The van der Waals surface area contributed by atoms with E-state index in [0.29, 0.717) is 0 Å². The smallest absolute Gasteiger partial charge is 0.359 e. The largest absolute Gasteiger partial charge is 0.401 e. The summed E-state index contributed by atoms with van der Waals surface area (Å²) >= 11 is 0. The third kappa shape index (κ3) is 6.67. The molecule has 0 heterocycles. The molecule has 0 aliphatic carbocycles. The van der Waals surface area contributed by atoms with Crippen molar-refractivity contribution in [3.8, 4) is 0 Å². The highest BCUT2D eigenvalue weighted by Gasteiger charge is 2.28. The lowest BCUT2D eigenvalue weighted by Crippen LogP contribution is -2.44. The standard InChI is InChI=1S/C7H14F3N3O/c1-12-6(14)2-5(3-11)13-4-7(8,9)10/h5,13H,2-4,11H2,1H3,(H,12,14). The fraction of sp³-hybridized carbons (Fsp3) is 0.857. The first kappa shape index (κ1) is 13.2. The first-order valence-electron chi connectivity index (χ1n) is 4.10. The van der Waals surface area contributed by atoms with Gasteiger partial charge < -0.3 is 16.4 Å².